The number of carbonyl (C=O) groups is 1. The third kappa shape index (κ3) is 3.64. The van der Waals surface area contributed by atoms with Crippen molar-refractivity contribution in [2.75, 3.05) is 11.9 Å². The molecule has 0 bridgehead atoms. The fourth-order valence-corrected chi connectivity index (χ4v) is 2.45. The third-order valence-electron chi connectivity index (χ3n) is 3.60. The van der Waals surface area contributed by atoms with Crippen LogP contribution in [0.25, 0.3) is 0 Å². The van der Waals surface area contributed by atoms with Crippen molar-refractivity contribution in [3.63, 3.8) is 0 Å². The molecule has 6 nitrogen and oxygen atoms in total. The van der Waals surface area contributed by atoms with Gasteiger partial charge in [0, 0.05) is 36.6 Å². The van der Waals surface area contributed by atoms with E-state index < -0.39 is 5.97 Å². The lowest BCUT2D eigenvalue weighted by molar-refractivity contribution is -0.134. The molecule has 1 fully saturated rings. The highest BCUT2D eigenvalue weighted by atomic mass is 16.4. The van der Waals surface area contributed by atoms with Crippen LogP contribution in [0.4, 0.5) is 5.95 Å². The first-order valence-corrected chi connectivity index (χ1v) is 6.58. The lowest BCUT2D eigenvalue weighted by atomic mass is 10.2. The van der Waals surface area contributed by atoms with E-state index in [1.54, 1.807) is 12.4 Å². The van der Waals surface area contributed by atoms with E-state index in [4.69, 9.17) is 5.11 Å². The summed E-state index contributed by atoms with van der Waals surface area (Å²) in [4.78, 5) is 21.1. The monoisotopic (exact) mass is 264 g/mol. The Morgan fingerprint density at radius 1 is 1.37 bits per heavy atom. The number of aromatic nitrogens is 2. The average molecular weight is 264 g/mol. The summed E-state index contributed by atoms with van der Waals surface area (Å²) in [5, 5.41) is 11.2. The molecular weight excluding hydrogens is 244 g/mol. The van der Waals surface area contributed by atoms with E-state index in [9.17, 15) is 4.79 Å². The molecule has 0 amide bonds. The van der Waals surface area contributed by atoms with Gasteiger partial charge in [-0.15, -0.1) is 0 Å². The zero-order valence-electron chi connectivity index (χ0n) is 11.3. The molecule has 2 heterocycles. The van der Waals surface area contributed by atoms with Crippen molar-refractivity contribution in [2.24, 2.45) is 0 Å². The minimum Gasteiger partial charge on any atom is -0.480 e. The molecule has 0 aromatic carbocycles. The number of carboxylic acid groups (broad SMARTS) is 1. The van der Waals surface area contributed by atoms with Gasteiger partial charge in [0.05, 0.1) is 0 Å². The first-order valence-electron chi connectivity index (χ1n) is 6.58. The van der Waals surface area contributed by atoms with E-state index in [0.29, 0.717) is 18.0 Å². The predicted octanol–water partition coefficient (Wildman–Crippen LogP) is 1.35. The summed E-state index contributed by atoms with van der Waals surface area (Å²) in [6.07, 6.45) is 5.99. The summed E-state index contributed by atoms with van der Waals surface area (Å²) in [5.41, 5.74) is 1.06. The maximum atomic E-state index is 10.4. The fraction of sp³-hybridized carbons (Fsp3) is 0.615. The van der Waals surface area contributed by atoms with Crippen molar-refractivity contribution < 1.29 is 9.90 Å². The zero-order valence-corrected chi connectivity index (χ0v) is 11.3. The molecule has 2 atom stereocenters. The highest BCUT2D eigenvalue weighted by Crippen LogP contribution is 2.25. The SMILES string of the molecule is C[C@@H]1CC[C@@H](C)N1Cc1cnc(NCC(=O)O)nc1. The largest absolute Gasteiger partial charge is 0.480 e. The van der Waals surface area contributed by atoms with Crippen molar-refractivity contribution in [1.82, 2.24) is 14.9 Å². The average Bonchev–Trinajstić information content (AvgIpc) is 2.70. The molecule has 1 aromatic heterocycles. The Kier molecular flexibility index (Phi) is 4.31. The quantitative estimate of drug-likeness (QED) is 0.835. The van der Waals surface area contributed by atoms with Gasteiger partial charge in [0.15, 0.2) is 0 Å². The molecular formula is C13H20N4O2. The molecule has 1 aliphatic rings. The molecule has 6 heteroatoms. The number of nitrogens with zero attached hydrogens (tertiary/aromatic N) is 3. The summed E-state index contributed by atoms with van der Waals surface area (Å²) >= 11 is 0. The van der Waals surface area contributed by atoms with Crippen LogP contribution in [-0.2, 0) is 11.3 Å². The Bertz CT molecular complexity index is 425. The van der Waals surface area contributed by atoms with Gasteiger partial charge in [-0.05, 0) is 26.7 Å². The van der Waals surface area contributed by atoms with Crippen LogP contribution in [-0.4, -0.2) is 44.6 Å². The number of hydrogen-bond donors (Lipinski definition) is 2. The molecule has 1 aromatic rings. The standard InChI is InChI=1S/C13H20N4O2/c1-9-3-4-10(2)17(9)8-11-5-14-13(15-6-11)16-7-12(18)19/h5-6,9-10H,3-4,7-8H2,1-2H3,(H,18,19)(H,14,15,16)/t9-,10-/m1/s1. The van der Waals surface area contributed by atoms with Crippen LogP contribution in [0.2, 0.25) is 0 Å². The van der Waals surface area contributed by atoms with Gasteiger partial charge in [0.1, 0.15) is 6.54 Å². The van der Waals surface area contributed by atoms with Crippen LogP contribution in [0.15, 0.2) is 12.4 Å². The molecule has 0 spiro atoms. The summed E-state index contributed by atoms with van der Waals surface area (Å²) in [7, 11) is 0. The summed E-state index contributed by atoms with van der Waals surface area (Å²) in [6.45, 7) is 5.17. The van der Waals surface area contributed by atoms with Crippen LogP contribution < -0.4 is 5.32 Å². The maximum Gasteiger partial charge on any atom is 0.322 e. The molecule has 1 saturated heterocycles. The number of rotatable bonds is 5. The fourth-order valence-electron chi connectivity index (χ4n) is 2.45. The summed E-state index contributed by atoms with van der Waals surface area (Å²) in [6, 6.07) is 1.19. The van der Waals surface area contributed by atoms with Crippen LogP contribution in [0.3, 0.4) is 0 Å². The molecule has 1 aliphatic heterocycles. The van der Waals surface area contributed by atoms with E-state index in [0.717, 1.165) is 12.1 Å². The third-order valence-corrected chi connectivity index (χ3v) is 3.60. The Morgan fingerprint density at radius 2 is 1.95 bits per heavy atom. The molecule has 2 N–H and O–H groups in total. The topological polar surface area (TPSA) is 78.4 Å². The molecule has 19 heavy (non-hydrogen) atoms. The van der Waals surface area contributed by atoms with Gasteiger partial charge >= 0.3 is 5.97 Å². The Labute approximate surface area is 112 Å². The van der Waals surface area contributed by atoms with Gasteiger partial charge < -0.3 is 10.4 Å². The van der Waals surface area contributed by atoms with Crippen molar-refractivity contribution in [3.8, 4) is 0 Å². The summed E-state index contributed by atoms with van der Waals surface area (Å²) < 4.78 is 0. The summed E-state index contributed by atoms with van der Waals surface area (Å²) in [5.74, 6) is -0.568. The van der Waals surface area contributed by atoms with Crippen LogP contribution in [0, 0.1) is 0 Å². The second kappa shape index (κ2) is 5.97. The van der Waals surface area contributed by atoms with Crippen LogP contribution in [0.1, 0.15) is 32.3 Å². The van der Waals surface area contributed by atoms with E-state index in [2.05, 4.69) is 34.0 Å². The molecule has 0 unspecified atom stereocenters. The van der Waals surface area contributed by atoms with E-state index in [1.165, 1.54) is 12.8 Å². The zero-order chi connectivity index (χ0) is 13.8. The number of anilines is 1. The first kappa shape index (κ1) is 13.7. The van der Waals surface area contributed by atoms with Crippen molar-refractivity contribution >= 4 is 11.9 Å². The van der Waals surface area contributed by atoms with Crippen LogP contribution in [0.5, 0.6) is 0 Å². The van der Waals surface area contributed by atoms with E-state index >= 15 is 0 Å². The number of hydrogen-bond acceptors (Lipinski definition) is 5. The Hall–Kier alpha value is -1.69. The van der Waals surface area contributed by atoms with E-state index in [-0.39, 0.29) is 6.54 Å². The van der Waals surface area contributed by atoms with Gasteiger partial charge in [-0.2, -0.15) is 0 Å². The normalized spacial score (nSPS) is 23.5. The molecule has 0 radical (unpaired) electrons. The smallest absolute Gasteiger partial charge is 0.322 e. The Morgan fingerprint density at radius 3 is 2.47 bits per heavy atom. The van der Waals surface area contributed by atoms with Gasteiger partial charge in [-0.1, -0.05) is 0 Å². The lowest BCUT2D eigenvalue weighted by Crippen LogP contribution is -2.32. The number of nitrogens with one attached hydrogen (secondary N) is 1. The minimum absolute atomic E-state index is 0.167. The van der Waals surface area contributed by atoms with Crippen molar-refractivity contribution in [3.05, 3.63) is 18.0 Å². The Balaban J connectivity index is 1.93. The lowest BCUT2D eigenvalue weighted by Gasteiger charge is -2.25. The van der Waals surface area contributed by atoms with Gasteiger partial charge in [-0.3, -0.25) is 9.69 Å². The molecule has 2 rings (SSSR count). The second-order valence-electron chi connectivity index (χ2n) is 5.11. The first-order chi connectivity index (χ1) is 9.06. The predicted molar refractivity (Wildman–Crippen MR) is 71.9 cm³/mol. The molecule has 104 valence electrons. The number of carboxylic acids is 1. The highest BCUT2D eigenvalue weighted by molar-refractivity contribution is 5.71. The number of aliphatic carboxylic acids is 1. The van der Waals surface area contributed by atoms with Crippen molar-refractivity contribution in [2.45, 2.75) is 45.3 Å². The number of likely N-dealkylation sites (tertiary alicyclic amines) is 1. The molecule has 0 aliphatic carbocycles. The van der Waals surface area contributed by atoms with Gasteiger partial charge in [-0.25, -0.2) is 9.97 Å². The van der Waals surface area contributed by atoms with Crippen LogP contribution >= 0.6 is 0 Å². The highest BCUT2D eigenvalue weighted by Gasteiger charge is 2.26. The maximum absolute atomic E-state index is 10.4. The van der Waals surface area contributed by atoms with Crippen molar-refractivity contribution in [1.29, 1.82) is 0 Å². The van der Waals surface area contributed by atoms with Gasteiger partial charge in [0.25, 0.3) is 0 Å². The second-order valence-corrected chi connectivity index (χ2v) is 5.11. The minimum atomic E-state index is -0.924. The van der Waals surface area contributed by atoms with Gasteiger partial charge in [0.2, 0.25) is 5.95 Å². The van der Waals surface area contributed by atoms with E-state index in [1.807, 2.05) is 0 Å². The molecule has 0 saturated carbocycles.